The molecule has 0 heterocycles. The lowest BCUT2D eigenvalue weighted by Crippen LogP contribution is -1.86. The van der Waals surface area contributed by atoms with Gasteiger partial charge in [-0.15, -0.1) is 0 Å². The topological polar surface area (TPSA) is 17.1 Å². The lowest BCUT2D eigenvalue weighted by atomic mass is 10.0. The molecule has 0 aromatic heterocycles. The fourth-order valence-electron chi connectivity index (χ4n) is 1.49. The zero-order valence-corrected chi connectivity index (χ0v) is 9.79. The molecule has 2 rings (SSSR count). The van der Waals surface area contributed by atoms with Crippen molar-refractivity contribution >= 4 is 29.5 Å². The third-order valence-corrected chi connectivity index (χ3v) is 2.94. The summed E-state index contributed by atoms with van der Waals surface area (Å²) in [6.45, 7) is 0. The first kappa shape index (κ1) is 11.2. The molecule has 0 atom stereocenters. The molecule has 0 saturated carbocycles. The van der Waals surface area contributed by atoms with E-state index in [0.29, 0.717) is 21.9 Å². The smallest absolute Gasteiger partial charge is 0.151 e. The number of hydrogen-bond donors (Lipinski definition) is 0. The second kappa shape index (κ2) is 4.69. The van der Waals surface area contributed by atoms with Gasteiger partial charge in [-0.1, -0.05) is 53.5 Å². The molecule has 2 aromatic rings. The molecule has 2 aromatic carbocycles. The molecular weight excluding hydrogens is 243 g/mol. The van der Waals surface area contributed by atoms with Crippen molar-refractivity contribution in [1.29, 1.82) is 0 Å². The quantitative estimate of drug-likeness (QED) is 0.719. The number of benzene rings is 2. The molecule has 0 fully saturated rings. The van der Waals surface area contributed by atoms with Crippen LogP contribution < -0.4 is 0 Å². The zero-order valence-electron chi connectivity index (χ0n) is 8.28. The van der Waals surface area contributed by atoms with E-state index in [4.69, 9.17) is 23.2 Å². The van der Waals surface area contributed by atoms with Crippen LogP contribution in [0.1, 0.15) is 10.4 Å². The van der Waals surface area contributed by atoms with E-state index in [0.717, 1.165) is 11.1 Å². The van der Waals surface area contributed by atoms with Gasteiger partial charge < -0.3 is 0 Å². The molecule has 0 saturated heterocycles. The highest BCUT2D eigenvalue weighted by Crippen LogP contribution is 2.32. The van der Waals surface area contributed by atoms with Crippen molar-refractivity contribution in [3.05, 3.63) is 58.1 Å². The molecule has 1 nitrogen and oxygen atoms in total. The molecule has 16 heavy (non-hydrogen) atoms. The second-order valence-electron chi connectivity index (χ2n) is 3.34. The Morgan fingerprint density at radius 3 is 2.25 bits per heavy atom. The van der Waals surface area contributed by atoms with E-state index in [2.05, 4.69) is 0 Å². The summed E-state index contributed by atoms with van der Waals surface area (Å²) in [5, 5.41) is 0.941. The van der Waals surface area contributed by atoms with Gasteiger partial charge in [0.15, 0.2) is 6.29 Å². The molecule has 0 bridgehead atoms. The van der Waals surface area contributed by atoms with Crippen LogP contribution in [0.15, 0.2) is 42.5 Å². The standard InChI is InChI=1S/C13H8Cl2O/c14-12-7-11(9-4-2-1-3-5-9)13(15)6-10(12)8-16/h1-8H. The highest BCUT2D eigenvalue weighted by atomic mass is 35.5. The fourth-order valence-corrected chi connectivity index (χ4v) is 1.98. The maximum atomic E-state index is 10.7. The zero-order chi connectivity index (χ0) is 11.5. The summed E-state index contributed by atoms with van der Waals surface area (Å²) in [5.74, 6) is 0. The van der Waals surface area contributed by atoms with Crippen LogP contribution in [0.3, 0.4) is 0 Å². The van der Waals surface area contributed by atoms with Gasteiger partial charge in [-0.25, -0.2) is 0 Å². The highest BCUT2D eigenvalue weighted by Gasteiger charge is 2.08. The van der Waals surface area contributed by atoms with Crippen LogP contribution in [0, 0.1) is 0 Å². The van der Waals surface area contributed by atoms with Crippen LogP contribution in [-0.4, -0.2) is 6.29 Å². The Morgan fingerprint density at radius 1 is 0.938 bits per heavy atom. The van der Waals surface area contributed by atoms with Gasteiger partial charge in [-0.3, -0.25) is 4.79 Å². The summed E-state index contributed by atoms with van der Waals surface area (Å²) in [7, 11) is 0. The van der Waals surface area contributed by atoms with Gasteiger partial charge in [0, 0.05) is 16.1 Å². The molecule has 0 amide bonds. The van der Waals surface area contributed by atoms with E-state index in [1.54, 1.807) is 12.1 Å². The Balaban J connectivity index is 2.59. The number of aldehydes is 1. The number of carbonyl (C=O) groups excluding carboxylic acids is 1. The lowest BCUT2D eigenvalue weighted by molar-refractivity contribution is 0.112. The number of rotatable bonds is 2. The fraction of sp³-hybridized carbons (Fsp3) is 0. The summed E-state index contributed by atoms with van der Waals surface area (Å²) in [6, 6.07) is 13.0. The first-order chi connectivity index (χ1) is 7.72. The Hall–Kier alpha value is -1.31. The summed E-state index contributed by atoms with van der Waals surface area (Å²) in [4.78, 5) is 10.7. The predicted octanol–water partition coefficient (Wildman–Crippen LogP) is 4.47. The van der Waals surface area contributed by atoms with Crippen LogP contribution >= 0.6 is 23.2 Å². The minimum Gasteiger partial charge on any atom is -0.298 e. The number of halogens is 2. The van der Waals surface area contributed by atoms with E-state index in [1.807, 2.05) is 30.3 Å². The van der Waals surface area contributed by atoms with Crippen molar-refractivity contribution < 1.29 is 4.79 Å². The van der Waals surface area contributed by atoms with Gasteiger partial charge in [-0.05, 0) is 17.7 Å². The van der Waals surface area contributed by atoms with Crippen LogP contribution in [0.4, 0.5) is 0 Å². The van der Waals surface area contributed by atoms with Gasteiger partial charge >= 0.3 is 0 Å². The number of carbonyl (C=O) groups is 1. The van der Waals surface area contributed by atoms with Gasteiger partial charge in [0.25, 0.3) is 0 Å². The molecule has 3 heteroatoms. The van der Waals surface area contributed by atoms with Gasteiger partial charge in [0.2, 0.25) is 0 Å². The molecule has 80 valence electrons. The molecule has 0 aliphatic rings. The maximum absolute atomic E-state index is 10.7. The minimum atomic E-state index is 0.409. The second-order valence-corrected chi connectivity index (χ2v) is 4.15. The van der Waals surface area contributed by atoms with Crippen molar-refractivity contribution in [1.82, 2.24) is 0 Å². The SMILES string of the molecule is O=Cc1cc(Cl)c(-c2ccccc2)cc1Cl. The third-order valence-electron chi connectivity index (χ3n) is 2.30. The average molecular weight is 251 g/mol. The molecule has 0 aliphatic carbocycles. The first-order valence-electron chi connectivity index (χ1n) is 4.72. The van der Waals surface area contributed by atoms with Crippen molar-refractivity contribution in [2.75, 3.05) is 0 Å². The maximum Gasteiger partial charge on any atom is 0.151 e. The predicted molar refractivity (Wildman–Crippen MR) is 67.3 cm³/mol. The van der Waals surface area contributed by atoms with E-state index in [1.165, 1.54) is 0 Å². The van der Waals surface area contributed by atoms with Crippen LogP contribution in [-0.2, 0) is 0 Å². The van der Waals surface area contributed by atoms with Gasteiger partial charge in [0.05, 0.1) is 5.02 Å². The Labute approximate surface area is 104 Å². The summed E-state index contributed by atoms with van der Waals surface area (Å²) >= 11 is 12.1. The normalized spacial score (nSPS) is 10.1. The van der Waals surface area contributed by atoms with E-state index in [9.17, 15) is 4.79 Å². The highest BCUT2D eigenvalue weighted by molar-refractivity contribution is 6.37. The van der Waals surface area contributed by atoms with Gasteiger partial charge in [-0.2, -0.15) is 0 Å². The van der Waals surface area contributed by atoms with E-state index < -0.39 is 0 Å². The number of hydrogen-bond acceptors (Lipinski definition) is 1. The Kier molecular flexibility index (Phi) is 3.28. The van der Waals surface area contributed by atoms with Crippen molar-refractivity contribution in [2.24, 2.45) is 0 Å². The summed E-state index contributed by atoms with van der Waals surface area (Å²) in [5.41, 5.74) is 2.22. The van der Waals surface area contributed by atoms with Crippen molar-refractivity contribution in [2.45, 2.75) is 0 Å². The Morgan fingerprint density at radius 2 is 1.62 bits per heavy atom. The third kappa shape index (κ3) is 2.11. The largest absolute Gasteiger partial charge is 0.298 e. The van der Waals surface area contributed by atoms with E-state index in [-0.39, 0.29) is 0 Å². The molecular formula is C13H8Cl2O. The molecule has 0 aliphatic heterocycles. The Bertz CT molecular complexity index is 521. The molecule has 0 N–H and O–H groups in total. The van der Waals surface area contributed by atoms with E-state index >= 15 is 0 Å². The van der Waals surface area contributed by atoms with Gasteiger partial charge in [0.1, 0.15) is 0 Å². The lowest BCUT2D eigenvalue weighted by Gasteiger charge is -2.06. The molecule has 0 radical (unpaired) electrons. The van der Waals surface area contributed by atoms with Crippen LogP contribution in [0.2, 0.25) is 10.0 Å². The molecule has 0 unspecified atom stereocenters. The molecule has 0 spiro atoms. The monoisotopic (exact) mass is 250 g/mol. The van der Waals surface area contributed by atoms with Crippen LogP contribution in [0.5, 0.6) is 0 Å². The minimum absolute atomic E-state index is 0.409. The van der Waals surface area contributed by atoms with Crippen LogP contribution in [0.25, 0.3) is 11.1 Å². The summed E-state index contributed by atoms with van der Waals surface area (Å²) in [6.07, 6.45) is 0.697. The average Bonchev–Trinajstić information content (AvgIpc) is 2.32. The summed E-state index contributed by atoms with van der Waals surface area (Å²) < 4.78 is 0. The first-order valence-corrected chi connectivity index (χ1v) is 5.47. The van der Waals surface area contributed by atoms with Crippen molar-refractivity contribution in [3.8, 4) is 11.1 Å². The van der Waals surface area contributed by atoms with Crippen molar-refractivity contribution in [3.63, 3.8) is 0 Å².